The van der Waals surface area contributed by atoms with Crippen LogP contribution in [0.25, 0.3) is 0 Å². The SMILES string of the molecule is CCN(Cc1ccccc1)C(=O)CNc1ccccc1C(C)C. The van der Waals surface area contributed by atoms with Crippen LogP contribution in [0.15, 0.2) is 54.6 Å². The van der Waals surface area contributed by atoms with Crippen molar-refractivity contribution in [3.8, 4) is 0 Å². The first-order chi connectivity index (χ1) is 11.1. The molecule has 0 bridgehead atoms. The van der Waals surface area contributed by atoms with Crippen LogP contribution in [-0.2, 0) is 11.3 Å². The Balaban J connectivity index is 1.98. The van der Waals surface area contributed by atoms with E-state index in [2.05, 4.69) is 37.4 Å². The third-order valence-corrected chi connectivity index (χ3v) is 3.96. The molecule has 3 heteroatoms. The van der Waals surface area contributed by atoms with Crippen molar-refractivity contribution in [2.75, 3.05) is 18.4 Å². The molecule has 0 aliphatic rings. The lowest BCUT2D eigenvalue weighted by Gasteiger charge is -2.22. The Bertz CT molecular complexity index is 623. The van der Waals surface area contributed by atoms with Crippen LogP contribution in [0.3, 0.4) is 0 Å². The van der Waals surface area contributed by atoms with Gasteiger partial charge in [-0.1, -0.05) is 62.4 Å². The van der Waals surface area contributed by atoms with Crippen LogP contribution in [-0.4, -0.2) is 23.9 Å². The smallest absolute Gasteiger partial charge is 0.242 e. The minimum absolute atomic E-state index is 0.120. The highest BCUT2D eigenvalue weighted by Crippen LogP contribution is 2.23. The predicted octanol–water partition coefficient (Wildman–Crippen LogP) is 4.27. The Morgan fingerprint density at radius 1 is 1.04 bits per heavy atom. The first-order valence-corrected chi connectivity index (χ1v) is 8.26. The molecule has 23 heavy (non-hydrogen) atoms. The highest BCUT2D eigenvalue weighted by atomic mass is 16.2. The van der Waals surface area contributed by atoms with Crippen molar-refractivity contribution in [3.05, 3.63) is 65.7 Å². The van der Waals surface area contributed by atoms with Gasteiger partial charge in [-0.25, -0.2) is 0 Å². The summed E-state index contributed by atoms with van der Waals surface area (Å²) >= 11 is 0. The van der Waals surface area contributed by atoms with Crippen LogP contribution in [0.1, 0.15) is 37.8 Å². The third-order valence-electron chi connectivity index (χ3n) is 3.96. The van der Waals surface area contributed by atoms with E-state index < -0.39 is 0 Å². The van der Waals surface area contributed by atoms with Gasteiger partial charge in [-0.05, 0) is 30.0 Å². The van der Waals surface area contributed by atoms with E-state index in [0.29, 0.717) is 25.6 Å². The lowest BCUT2D eigenvalue weighted by atomic mass is 10.0. The summed E-state index contributed by atoms with van der Waals surface area (Å²) in [5.74, 6) is 0.551. The Hall–Kier alpha value is -2.29. The van der Waals surface area contributed by atoms with Crippen LogP contribution in [0.4, 0.5) is 5.69 Å². The molecule has 0 heterocycles. The Morgan fingerprint density at radius 3 is 2.35 bits per heavy atom. The molecule has 0 saturated carbocycles. The monoisotopic (exact) mass is 310 g/mol. The van der Waals surface area contributed by atoms with E-state index >= 15 is 0 Å². The first-order valence-electron chi connectivity index (χ1n) is 8.26. The van der Waals surface area contributed by atoms with E-state index in [4.69, 9.17) is 0 Å². The second-order valence-corrected chi connectivity index (χ2v) is 5.99. The number of hydrogen-bond acceptors (Lipinski definition) is 2. The van der Waals surface area contributed by atoms with Gasteiger partial charge in [-0.2, -0.15) is 0 Å². The molecule has 0 radical (unpaired) electrons. The number of carbonyl (C=O) groups excluding carboxylic acids is 1. The number of nitrogens with zero attached hydrogens (tertiary/aromatic N) is 1. The number of amides is 1. The number of anilines is 1. The third kappa shape index (κ3) is 4.85. The number of rotatable bonds is 7. The summed E-state index contributed by atoms with van der Waals surface area (Å²) in [5, 5.41) is 3.30. The molecule has 2 rings (SSSR count). The van der Waals surface area contributed by atoms with Crippen LogP contribution >= 0.6 is 0 Å². The number of likely N-dealkylation sites (N-methyl/N-ethyl adjacent to an activating group) is 1. The fourth-order valence-electron chi connectivity index (χ4n) is 2.62. The van der Waals surface area contributed by atoms with Gasteiger partial charge < -0.3 is 10.2 Å². The molecule has 0 aliphatic carbocycles. The van der Waals surface area contributed by atoms with E-state index in [9.17, 15) is 4.79 Å². The topological polar surface area (TPSA) is 32.3 Å². The van der Waals surface area contributed by atoms with Crippen molar-refractivity contribution in [1.29, 1.82) is 0 Å². The van der Waals surface area contributed by atoms with Gasteiger partial charge >= 0.3 is 0 Å². The summed E-state index contributed by atoms with van der Waals surface area (Å²) in [6.07, 6.45) is 0. The maximum absolute atomic E-state index is 12.5. The Kier molecular flexibility index (Phi) is 6.21. The zero-order valence-electron chi connectivity index (χ0n) is 14.3. The molecule has 2 aromatic carbocycles. The van der Waals surface area contributed by atoms with E-state index in [0.717, 1.165) is 11.3 Å². The minimum atomic E-state index is 0.120. The van der Waals surface area contributed by atoms with E-state index in [1.54, 1.807) is 0 Å². The second kappa shape index (κ2) is 8.37. The van der Waals surface area contributed by atoms with Gasteiger partial charge in [0.1, 0.15) is 0 Å². The predicted molar refractivity (Wildman–Crippen MR) is 96.6 cm³/mol. The lowest BCUT2D eigenvalue weighted by molar-refractivity contribution is -0.129. The molecular formula is C20H26N2O. The van der Waals surface area contributed by atoms with Crippen LogP contribution in [0, 0.1) is 0 Å². The van der Waals surface area contributed by atoms with E-state index in [1.807, 2.05) is 48.2 Å². The molecule has 3 nitrogen and oxygen atoms in total. The van der Waals surface area contributed by atoms with Crippen molar-refractivity contribution in [2.45, 2.75) is 33.2 Å². The maximum atomic E-state index is 12.5. The summed E-state index contributed by atoms with van der Waals surface area (Å²) in [5.41, 5.74) is 3.45. The molecule has 0 aromatic heterocycles. The average Bonchev–Trinajstić information content (AvgIpc) is 2.58. The molecule has 2 aromatic rings. The summed E-state index contributed by atoms with van der Waals surface area (Å²) in [6, 6.07) is 18.3. The van der Waals surface area contributed by atoms with Gasteiger partial charge in [0.15, 0.2) is 0 Å². The molecule has 0 fully saturated rings. The largest absolute Gasteiger partial charge is 0.376 e. The fourth-order valence-corrected chi connectivity index (χ4v) is 2.62. The molecule has 0 unspecified atom stereocenters. The maximum Gasteiger partial charge on any atom is 0.242 e. The molecule has 0 aliphatic heterocycles. The molecular weight excluding hydrogens is 284 g/mol. The summed E-state index contributed by atoms with van der Waals surface area (Å²) in [6.45, 7) is 8.03. The van der Waals surface area contributed by atoms with Gasteiger partial charge in [-0.3, -0.25) is 4.79 Å². The number of hydrogen-bond donors (Lipinski definition) is 1. The van der Waals surface area contributed by atoms with Crippen LogP contribution < -0.4 is 5.32 Å². The second-order valence-electron chi connectivity index (χ2n) is 5.99. The van der Waals surface area contributed by atoms with Crippen molar-refractivity contribution < 1.29 is 4.79 Å². The van der Waals surface area contributed by atoms with Crippen molar-refractivity contribution in [2.24, 2.45) is 0 Å². The Morgan fingerprint density at radius 2 is 1.70 bits per heavy atom. The molecule has 0 saturated heterocycles. The summed E-state index contributed by atoms with van der Waals surface area (Å²) < 4.78 is 0. The van der Waals surface area contributed by atoms with Crippen molar-refractivity contribution in [1.82, 2.24) is 4.90 Å². The standard InChI is InChI=1S/C20H26N2O/c1-4-22(15-17-10-6-5-7-11-17)20(23)14-21-19-13-9-8-12-18(19)16(2)3/h5-13,16,21H,4,14-15H2,1-3H3. The zero-order valence-corrected chi connectivity index (χ0v) is 14.3. The van der Waals surface area contributed by atoms with Gasteiger partial charge in [0.25, 0.3) is 0 Å². The van der Waals surface area contributed by atoms with E-state index in [1.165, 1.54) is 5.56 Å². The number of benzene rings is 2. The van der Waals surface area contributed by atoms with Gasteiger partial charge in [0.2, 0.25) is 5.91 Å². The van der Waals surface area contributed by atoms with Gasteiger partial charge in [0, 0.05) is 18.8 Å². The molecule has 0 atom stereocenters. The summed E-state index contributed by atoms with van der Waals surface area (Å²) in [4.78, 5) is 14.4. The minimum Gasteiger partial charge on any atom is -0.376 e. The lowest BCUT2D eigenvalue weighted by Crippen LogP contribution is -2.35. The molecule has 1 N–H and O–H groups in total. The average molecular weight is 310 g/mol. The van der Waals surface area contributed by atoms with Crippen molar-refractivity contribution >= 4 is 11.6 Å². The highest BCUT2D eigenvalue weighted by molar-refractivity contribution is 5.81. The normalized spacial score (nSPS) is 10.6. The van der Waals surface area contributed by atoms with Crippen LogP contribution in [0.2, 0.25) is 0 Å². The zero-order chi connectivity index (χ0) is 16.7. The van der Waals surface area contributed by atoms with Gasteiger partial charge in [-0.15, -0.1) is 0 Å². The van der Waals surface area contributed by atoms with Crippen LogP contribution in [0.5, 0.6) is 0 Å². The quantitative estimate of drug-likeness (QED) is 0.828. The molecule has 0 spiro atoms. The van der Waals surface area contributed by atoms with Crippen molar-refractivity contribution in [3.63, 3.8) is 0 Å². The highest BCUT2D eigenvalue weighted by Gasteiger charge is 2.13. The summed E-state index contributed by atoms with van der Waals surface area (Å²) in [7, 11) is 0. The number of para-hydroxylation sites is 1. The number of nitrogens with one attached hydrogen (secondary N) is 1. The van der Waals surface area contributed by atoms with E-state index in [-0.39, 0.29) is 5.91 Å². The molecule has 1 amide bonds. The number of carbonyl (C=O) groups is 1. The van der Waals surface area contributed by atoms with Gasteiger partial charge in [0.05, 0.1) is 6.54 Å². The Labute approximate surface area is 139 Å². The molecule has 122 valence electrons. The fraction of sp³-hybridized carbons (Fsp3) is 0.350. The first kappa shape index (κ1) is 17.1.